The number of rotatable bonds is 1. The summed E-state index contributed by atoms with van der Waals surface area (Å²) in [5, 5.41) is 8.18. The van der Waals surface area contributed by atoms with Crippen LogP contribution in [0, 0.1) is 0 Å². The van der Waals surface area contributed by atoms with Gasteiger partial charge in [0, 0.05) is 12.6 Å². The van der Waals surface area contributed by atoms with Gasteiger partial charge in [0.05, 0.1) is 7.11 Å². The van der Waals surface area contributed by atoms with E-state index >= 15 is 0 Å². The van der Waals surface area contributed by atoms with E-state index in [-0.39, 0.29) is 0 Å². The lowest BCUT2D eigenvalue weighted by Crippen LogP contribution is -1.98. The molecule has 1 aliphatic heterocycles. The van der Waals surface area contributed by atoms with Crippen LogP contribution in [0.4, 0.5) is 0 Å². The molecule has 0 spiro atoms. The van der Waals surface area contributed by atoms with Crippen molar-refractivity contribution in [3.8, 4) is 6.01 Å². The van der Waals surface area contributed by atoms with Crippen LogP contribution in [0.1, 0.15) is 23.9 Å². The van der Waals surface area contributed by atoms with Crippen molar-refractivity contribution in [2.75, 3.05) is 7.11 Å². The Morgan fingerprint density at radius 2 is 2.06 bits per heavy atom. The van der Waals surface area contributed by atoms with Gasteiger partial charge in [0.2, 0.25) is 0 Å². The minimum Gasteiger partial charge on any atom is -0.467 e. The first-order valence-corrected chi connectivity index (χ1v) is 5.54. The molecule has 2 aromatic rings. The van der Waals surface area contributed by atoms with Gasteiger partial charge in [-0.1, -0.05) is 29.4 Å². The molecule has 86 valence electrons. The Labute approximate surface area is 99.6 Å². The molecule has 1 aromatic heterocycles. The lowest BCUT2D eigenvalue weighted by Gasteiger charge is -2.04. The van der Waals surface area contributed by atoms with Gasteiger partial charge in [0.1, 0.15) is 5.82 Å². The Balaban J connectivity index is 2.22. The number of methoxy groups -OCH3 is 1. The smallest absolute Gasteiger partial charge is 0.320 e. The maximum atomic E-state index is 5.20. The van der Waals surface area contributed by atoms with Crippen LogP contribution in [0.5, 0.6) is 6.01 Å². The average molecular weight is 227 g/mol. The summed E-state index contributed by atoms with van der Waals surface area (Å²) in [4.78, 5) is 0. The van der Waals surface area contributed by atoms with Gasteiger partial charge in [-0.3, -0.25) is 4.57 Å². The Morgan fingerprint density at radius 1 is 1.24 bits per heavy atom. The van der Waals surface area contributed by atoms with Gasteiger partial charge in [-0.25, -0.2) is 0 Å². The van der Waals surface area contributed by atoms with E-state index in [0.717, 1.165) is 12.2 Å². The number of benzene rings is 1. The highest BCUT2D eigenvalue weighted by Crippen LogP contribution is 2.27. The first-order valence-electron chi connectivity index (χ1n) is 5.54. The second-order valence-electron chi connectivity index (χ2n) is 4.12. The van der Waals surface area contributed by atoms with Crippen molar-refractivity contribution in [3.63, 3.8) is 0 Å². The van der Waals surface area contributed by atoms with Crippen LogP contribution in [0.2, 0.25) is 0 Å². The van der Waals surface area contributed by atoms with Crippen LogP contribution in [0.15, 0.2) is 24.3 Å². The second-order valence-corrected chi connectivity index (χ2v) is 4.12. The third-order valence-corrected chi connectivity index (χ3v) is 3.03. The Bertz CT molecular complexity index is 598. The first kappa shape index (κ1) is 10.1. The molecule has 1 aromatic carbocycles. The normalized spacial score (nSPS) is 13.4. The second kappa shape index (κ2) is 3.73. The van der Waals surface area contributed by atoms with E-state index in [2.05, 4.69) is 41.4 Å². The fourth-order valence-electron chi connectivity index (χ4n) is 2.19. The van der Waals surface area contributed by atoms with Crippen LogP contribution in [-0.4, -0.2) is 21.9 Å². The number of fused-ring (bicyclic) bond motifs is 2. The van der Waals surface area contributed by atoms with Gasteiger partial charge in [0.15, 0.2) is 0 Å². The molecular weight excluding hydrogens is 214 g/mol. The summed E-state index contributed by atoms with van der Waals surface area (Å²) in [5.74, 6) is 0.908. The van der Waals surface area contributed by atoms with Gasteiger partial charge in [-0.2, -0.15) is 0 Å². The van der Waals surface area contributed by atoms with Crippen LogP contribution in [0.25, 0.3) is 11.8 Å². The molecular formula is C13H13N3O. The van der Waals surface area contributed by atoms with E-state index in [1.165, 1.54) is 16.7 Å². The quantitative estimate of drug-likeness (QED) is 0.749. The van der Waals surface area contributed by atoms with Crippen molar-refractivity contribution in [3.05, 3.63) is 41.2 Å². The monoisotopic (exact) mass is 227 g/mol. The molecule has 3 rings (SSSR count). The summed E-state index contributed by atoms with van der Waals surface area (Å²) >= 11 is 0. The van der Waals surface area contributed by atoms with Crippen molar-refractivity contribution in [2.45, 2.75) is 13.3 Å². The standard InChI is InChI=1S/C13H13N3O/c1-9-8-16-12(14-15-13(16)17-2)7-10-5-3-4-6-11(9)10/h3-6,8H,7H2,1-2H3. The van der Waals surface area contributed by atoms with E-state index in [0.29, 0.717) is 6.01 Å². The number of allylic oxidation sites excluding steroid dienone is 1. The van der Waals surface area contributed by atoms with Crippen LogP contribution >= 0.6 is 0 Å². The number of ether oxygens (including phenoxy) is 1. The van der Waals surface area contributed by atoms with Gasteiger partial charge < -0.3 is 4.74 Å². The zero-order valence-electron chi connectivity index (χ0n) is 9.84. The summed E-state index contributed by atoms with van der Waals surface area (Å²) in [5.41, 5.74) is 3.73. The maximum absolute atomic E-state index is 5.20. The van der Waals surface area contributed by atoms with Gasteiger partial charge in [-0.05, 0) is 23.6 Å². The lowest BCUT2D eigenvalue weighted by molar-refractivity contribution is 0.373. The van der Waals surface area contributed by atoms with Crippen LogP contribution < -0.4 is 4.74 Å². The van der Waals surface area contributed by atoms with Gasteiger partial charge in [0.25, 0.3) is 0 Å². The predicted octanol–water partition coefficient (Wildman–Crippen LogP) is 2.21. The largest absolute Gasteiger partial charge is 0.467 e. The Hall–Kier alpha value is -2.10. The van der Waals surface area contributed by atoms with E-state index in [1.54, 1.807) is 7.11 Å². The Morgan fingerprint density at radius 3 is 2.88 bits per heavy atom. The number of hydrogen-bond donors (Lipinski definition) is 0. The predicted molar refractivity (Wildman–Crippen MR) is 65.7 cm³/mol. The molecule has 0 aliphatic carbocycles. The number of nitrogens with zero attached hydrogens (tertiary/aromatic N) is 3. The third-order valence-electron chi connectivity index (χ3n) is 3.03. The van der Waals surface area contributed by atoms with Crippen molar-refractivity contribution < 1.29 is 4.74 Å². The highest BCUT2D eigenvalue weighted by Gasteiger charge is 2.17. The molecule has 0 radical (unpaired) electrons. The highest BCUT2D eigenvalue weighted by atomic mass is 16.5. The molecule has 0 amide bonds. The minimum absolute atomic E-state index is 0.534. The molecule has 0 N–H and O–H groups in total. The molecule has 4 nitrogen and oxygen atoms in total. The van der Waals surface area contributed by atoms with Crippen molar-refractivity contribution in [1.82, 2.24) is 14.8 Å². The van der Waals surface area contributed by atoms with E-state index in [9.17, 15) is 0 Å². The van der Waals surface area contributed by atoms with Gasteiger partial charge >= 0.3 is 6.01 Å². The Kier molecular flexibility index (Phi) is 2.21. The van der Waals surface area contributed by atoms with Crippen LogP contribution in [-0.2, 0) is 6.42 Å². The summed E-state index contributed by atoms with van der Waals surface area (Å²) < 4.78 is 7.11. The average Bonchev–Trinajstić information content (AvgIpc) is 2.66. The summed E-state index contributed by atoms with van der Waals surface area (Å²) in [6.45, 7) is 2.09. The molecule has 2 heterocycles. The topological polar surface area (TPSA) is 39.9 Å². The zero-order chi connectivity index (χ0) is 11.8. The molecule has 0 saturated carbocycles. The molecule has 0 bridgehead atoms. The fourth-order valence-corrected chi connectivity index (χ4v) is 2.19. The molecule has 1 aliphatic rings. The van der Waals surface area contributed by atoms with Crippen molar-refractivity contribution in [2.24, 2.45) is 0 Å². The molecule has 17 heavy (non-hydrogen) atoms. The molecule has 0 atom stereocenters. The zero-order valence-corrected chi connectivity index (χ0v) is 9.84. The maximum Gasteiger partial charge on any atom is 0.320 e. The van der Waals surface area contributed by atoms with E-state index < -0.39 is 0 Å². The first-order chi connectivity index (χ1) is 8.29. The molecule has 0 fully saturated rings. The summed E-state index contributed by atoms with van der Waals surface area (Å²) in [6.07, 6.45) is 2.81. The molecule has 0 saturated heterocycles. The van der Waals surface area contributed by atoms with Crippen molar-refractivity contribution in [1.29, 1.82) is 0 Å². The van der Waals surface area contributed by atoms with E-state index in [1.807, 2.05) is 10.8 Å². The van der Waals surface area contributed by atoms with E-state index in [4.69, 9.17) is 4.74 Å². The molecule has 4 heteroatoms. The SMILES string of the molecule is COc1nnc2n1C=C(C)c1ccccc1C2. The summed E-state index contributed by atoms with van der Waals surface area (Å²) in [6, 6.07) is 8.90. The van der Waals surface area contributed by atoms with Crippen molar-refractivity contribution >= 4 is 11.8 Å². The molecule has 0 unspecified atom stereocenters. The summed E-state index contributed by atoms with van der Waals surface area (Å²) in [7, 11) is 1.61. The number of hydrogen-bond acceptors (Lipinski definition) is 3. The highest BCUT2D eigenvalue weighted by molar-refractivity contribution is 5.77. The van der Waals surface area contributed by atoms with Gasteiger partial charge in [-0.15, -0.1) is 5.10 Å². The fraction of sp³-hybridized carbons (Fsp3) is 0.231. The third kappa shape index (κ3) is 1.53. The number of aromatic nitrogens is 3. The van der Waals surface area contributed by atoms with Crippen LogP contribution in [0.3, 0.4) is 0 Å². The lowest BCUT2D eigenvalue weighted by atomic mass is 10.0. The minimum atomic E-state index is 0.534.